The number of aromatic nitrogens is 2. The quantitative estimate of drug-likeness (QED) is 0.707. The maximum atomic E-state index is 12.8. The molecular formula is C16H15N3O4S. The van der Waals surface area contributed by atoms with Crippen LogP contribution in [0.4, 0.5) is 5.69 Å². The number of nitrogens with zero attached hydrogens (tertiary/aromatic N) is 1. The molecule has 0 aliphatic rings. The van der Waals surface area contributed by atoms with Gasteiger partial charge >= 0.3 is 5.97 Å². The van der Waals surface area contributed by atoms with Crippen LogP contribution in [0.2, 0.25) is 0 Å². The van der Waals surface area contributed by atoms with Crippen molar-refractivity contribution < 1.29 is 17.9 Å². The number of ether oxygens (including phenoxy) is 1. The van der Waals surface area contributed by atoms with Gasteiger partial charge in [0, 0.05) is 5.39 Å². The van der Waals surface area contributed by atoms with Gasteiger partial charge in [0.2, 0.25) is 0 Å². The van der Waals surface area contributed by atoms with Crippen LogP contribution in [0, 0.1) is 6.92 Å². The number of aromatic amines is 1. The van der Waals surface area contributed by atoms with Crippen LogP contribution in [-0.4, -0.2) is 31.7 Å². The molecule has 0 saturated carbocycles. The molecule has 0 fully saturated rings. The van der Waals surface area contributed by atoms with E-state index in [1.807, 2.05) is 6.07 Å². The number of hydrogen-bond donors (Lipinski definition) is 2. The standard InChI is InChI=1S/C16H15N3O4S/c1-10-6-7-11(16(20)23-2)8-14(10)24(21,22)19-13-5-3-4-12-9-17-18-15(12)13/h3-9,19H,1-2H3,(H,17,18). The molecule has 0 atom stereocenters. The van der Waals surface area contributed by atoms with Crippen LogP contribution < -0.4 is 4.72 Å². The van der Waals surface area contributed by atoms with Crippen molar-refractivity contribution in [3.63, 3.8) is 0 Å². The third kappa shape index (κ3) is 2.83. The fourth-order valence-electron chi connectivity index (χ4n) is 2.39. The van der Waals surface area contributed by atoms with E-state index in [2.05, 4.69) is 19.7 Å². The van der Waals surface area contributed by atoms with Gasteiger partial charge in [-0.2, -0.15) is 5.10 Å². The van der Waals surface area contributed by atoms with Crippen molar-refractivity contribution in [1.29, 1.82) is 0 Å². The van der Waals surface area contributed by atoms with Gasteiger partial charge in [0.15, 0.2) is 0 Å². The van der Waals surface area contributed by atoms with Crippen LogP contribution in [0.5, 0.6) is 0 Å². The summed E-state index contributed by atoms with van der Waals surface area (Å²) in [6.07, 6.45) is 1.61. The average molecular weight is 345 g/mol. The summed E-state index contributed by atoms with van der Waals surface area (Å²) in [6.45, 7) is 1.66. The first-order chi connectivity index (χ1) is 11.4. The first kappa shape index (κ1) is 16.0. The van der Waals surface area contributed by atoms with E-state index in [1.54, 1.807) is 31.3 Å². The summed E-state index contributed by atoms with van der Waals surface area (Å²) < 4.78 is 32.7. The molecule has 0 aliphatic carbocycles. The van der Waals surface area contributed by atoms with Crippen molar-refractivity contribution in [2.45, 2.75) is 11.8 Å². The minimum absolute atomic E-state index is 0.0157. The SMILES string of the molecule is COC(=O)c1ccc(C)c(S(=O)(=O)Nc2cccc3cn[nH]c23)c1. The fourth-order valence-corrected chi connectivity index (χ4v) is 3.73. The summed E-state index contributed by atoms with van der Waals surface area (Å²) in [5.74, 6) is -0.595. The Balaban J connectivity index is 2.05. The van der Waals surface area contributed by atoms with Crippen molar-refractivity contribution in [3.8, 4) is 0 Å². The second kappa shape index (κ2) is 5.97. The van der Waals surface area contributed by atoms with E-state index in [4.69, 9.17) is 0 Å². The van der Waals surface area contributed by atoms with Gasteiger partial charge in [-0.15, -0.1) is 0 Å². The van der Waals surface area contributed by atoms with E-state index in [1.165, 1.54) is 19.2 Å². The van der Waals surface area contributed by atoms with Crippen LogP contribution >= 0.6 is 0 Å². The Hall–Kier alpha value is -2.87. The normalized spacial score (nSPS) is 11.4. The zero-order chi connectivity index (χ0) is 17.3. The van der Waals surface area contributed by atoms with E-state index < -0.39 is 16.0 Å². The number of anilines is 1. The molecule has 1 heterocycles. The Morgan fingerprint density at radius 1 is 1.25 bits per heavy atom. The number of aryl methyl sites for hydroxylation is 1. The molecule has 0 bridgehead atoms. The zero-order valence-electron chi connectivity index (χ0n) is 13.0. The summed E-state index contributed by atoms with van der Waals surface area (Å²) >= 11 is 0. The number of fused-ring (bicyclic) bond motifs is 1. The first-order valence-electron chi connectivity index (χ1n) is 7.06. The number of benzene rings is 2. The van der Waals surface area contributed by atoms with Gasteiger partial charge in [0.25, 0.3) is 10.0 Å². The molecule has 8 heteroatoms. The molecule has 2 aromatic carbocycles. The predicted molar refractivity (Wildman–Crippen MR) is 89.4 cm³/mol. The van der Waals surface area contributed by atoms with Gasteiger partial charge in [0.1, 0.15) is 0 Å². The Morgan fingerprint density at radius 2 is 2.04 bits per heavy atom. The Bertz CT molecular complexity index is 1020. The molecule has 0 aliphatic heterocycles. The number of sulfonamides is 1. The zero-order valence-corrected chi connectivity index (χ0v) is 13.8. The molecule has 0 radical (unpaired) electrons. The predicted octanol–water partition coefficient (Wildman–Crippen LogP) is 2.46. The topological polar surface area (TPSA) is 101 Å². The molecule has 24 heavy (non-hydrogen) atoms. The largest absolute Gasteiger partial charge is 0.465 e. The molecule has 0 spiro atoms. The average Bonchev–Trinajstić information content (AvgIpc) is 3.04. The molecule has 0 unspecified atom stereocenters. The Labute approximate surface area is 138 Å². The Morgan fingerprint density at radius 3 is 2.79 bits per heavy atom. The van der Waals surface area contributed by atoms with E-state index >= 15 is 0 Å². The van der Waals surface area contributed by atoms with Crippen molar-refractivity contribution in [2.24, 2.45) is 0 Å². The van der Waals surface area contributed by atoms with Gasteiger partial charge in [-0.3, -0.25) is 9.82 Å². The fraction of sp³-hybridized carbons (Fsp3) is 0.125. The third-order valence-corrected chi connectivity index (χ3v) is 5.13. The molecule has 0 amide bonds. The van der Waals surface area contributed by atoms with Crippen molar-refractivity contribution in [3.05, 3.63) is 53.7 Å². The smallest absolute Gasteiger partial charge is 0.337 e. The second-order valence-corrected chi connectivity index (χ2v) is 6.87. The van der Waals surface area contributed by atoms with Crippen LogP contribution in [0.25, 0.3) is 10.9 Å². The van der Waals surface area contributed by atoms with Gasteiger partial charge < -0.3 is 4.74 Å². The third-order valence-electron chi connectivity index (χ3n) is 3.62. The number of methoxy groups -OCH3 is 1. The van der Waals surface area contributed by atoms with Crippen LogP contribution in [0.15, 0.2) is 47.5 Å². The number of H-pyrrole nitrogens is 1. The van der Waals surface area contributed by atoms with E-state index in [9.17, 15) is 13.2 Å². The highest BCUT2D eigenvalue weighted by atomic mass is 32.2. The molecule has 2 N–H and O–H groups in total. The maximum Gasteiger partial charge on any atom is 0.337 e. The lowest BCUT2D eigenvalue weighted by Gasteiger charge is -2.12. The molecule has 3 rings (SSSR count). The molecule has 7 nitrogen and oxygen atoms in total. The summed E-state index contributed by atoms with van der Waals surface area (Å²) in [4.78, 5) is 11.7. The molecule has 3 aromatic rings. The number of esters is 1. The summed E-state index contributed by atoms with van der Waals surface area (Å²) in [6, 6.07) is 9.58. The number of para-hydroxylation sites is 1. The van der Waals surface area contributed by atoms with Crippen LogP contribution in [-0.2, 0) is 14.8 Å². The number of carbonyl (C=O) groups is 1. The molecule has 0 saturated heterocycles. The Kier molecular flexibility index (Phi) is 3.98. The lowest BCUT2D eigenvalue weighted by molar-refractivity contribution is 0.0600. The second-order valence-electron chi connectivity index (χ2n) is 5.22. The van der Waals surface area contributed by atoms with Crippen molar-refractivity contribution >= 4 is 32.6 Å². The van der Waals surface area contributed by atoms with Crippen LogP contribution in [0.3, 0.4) is 0 Å². The van der Waals surface area contributed by atoms with Gasteiger partial charge in [0.05, 0.1) is 35.0 Å². The minimum Gasteiger partial charge on any atom is -0.465 e. The summed E-state index contributed by atoms with van der Waals surface area (Å²) in [5, 5.41) is 7.46. The van der Waals surface area contributed by atoms with Gasteiger partial charge in [-0.1, -0.05) is 18.2 Å². The van der Waals surface area contributed by atoms with E-state index in [0.29, 0.717) is 16.8 Å². The first-order valence-corrected chi connectivity index (χ1v) is 8.54. The van der Waals surface area contributed by atoms with E-state index in [-0.39, 0.29) is 10.5 Å². The van der Waals surface area contributed by atoms with Crippen molar-refractivity contribution in [2.75, 3.05) is 11.8 Å². The number of nitrogens with one attached hydrogen (secondary N) is 2. The number of rotatable bonds is 4. The lowest BCUT2D eigenvalue weighted by atomic mass is 10.1. The van der Waals surface area contributed by atoms with Crippen LogP contribution in [0.1, 0.15) is 15.9 Å². The van der Waals surface area contributed by atoms with Gasteiger partial charge in [-0.05, 0) is 30.7 Å². The number of carbonyl (C=O) groups excluding carboxylic acids is 1. The summed E-state index contributed by atoms with van der Waals surface area (Å²) in [5.41, 5.74) is 1.66. The van der Waals surface area contributed by atoms with Crippen molar-refractivity contribution in [1.82, 2.24) is 10.2 Å². The molecular weight excluding hydrogens is 330 g/mol. The number of hydrogen-bond acceptors (Lipinski definition) is 5. The minimum atomic E-state index is -3.88. The van der Waals surface area contributed by atoms with Gasteiger partial charge in [-0.25, -0.2) is 13.2 Å². The molecule has 1 aromatic heterocycles. The monoisotopic (exact) mass is 345 g/mol. The van der Waals surface area contributed by atoms with E-state index in [0.717, 1.165) is 5.39 Å². The highest BCUT2D eigenvalue weighted by Crippen LogP contribution is 2.25. The summed E-state index contributed by atoms with van der Waals surface area (Å²) in [7, 11) is -2.64. The lowest BCUT2D eigenvalue weighted by Crippen LogP contribution is -2.15. The molecule has 124 valence electrons. The maximum absolute atomic E-state index is 12.8. The highest BCUT2D eigenvalue weighted by Gasteiger charge is 2.20. The highest BCUT2D eigenvalue weighted by molar-refractivity contribution is 7.92.